The number of hydrogen-bond acceptors (Lipinski definition) is 7. The molecule has 10 heteroatoms. The van der Waals surface area contributed by atoms with Crippen LogP contribution in [0.15, 0.2) is 24.3 Å². The van der Waals surface area contributed by atoms with Gasteiger partial charge in [-0.3, -0.25) is 24.6 Å². The highest BCUT2D eigenvalue weighted by molar-refractivity contribution is 7.98. The van der Waals surface area contributed by atoms with Gasteiger partial charge in [-0.05, 0) is 48.8 Å². The summed E-state index contributed by atoms with van der Waals surface area (Å²) in [7, 11) is 0. The molecule has 34 heavy (non-hydrogen) atoms. The van der Waals surface area contributed by atoms with Crippen LogP contribution in [0.5, 0.6) is 0 Å². The molecular weight excluding hydrogens is 458 g/mol. The Balaban J connectivity index is 1.56. The number of amides is 5. The molecule has 9 nitrogen and oxygen atoms in total. The molecule has 1 heterocycles. The predicted molar refractivity (Wildman–Crippen MR) is 127 cm³/mol. The molecule has 2 aliphatic rings. The number of esters is 1. The quantitative estimate of drug-likeness (QED) is 0.425. The number of hydrogen-bond donors (Lipinski definition) is 2. The molecule has 0 radical (unpaired) electrons. The molecule has 1 aromatic rings. The Labute approximate surface area is 203 Å². The Bertz CT molecular complexity index is 933. The Morgan fingerprint density at radius 1 is 1.12 bits per heavy atom. The Morgan fingerprint density at radius 3 is 2.38 bits per heavy atom. The smallest absolute Gasteiger partial charge is 0.329 e. The Kier molecular flexibility index (Phi) is 8.71. The molecule has 1 aliphatic heterocycles. The van der Waals surface area contributed by atoms with E-state index in [9.17, 15) is 24.0 Å². The highest BCUT2D eigenvalue weighted by Gasteiger charge is 2.43. The summed E-state index contributed by atoms with van der Waals surface area (Å²) in [5.41, 5.74) is 0.463. The van der Waals surface area contributed by atoms with Crippen LogP contribution in [-0.2, 0) is 14.3 Å². The molecule has 1 fully saturated rings. The number of carbonyl (C=O) groups is 5. The molecule has 3 rings (SSSR count). The third-order valence-electron chi connectivity index (χ3n) is 6.63. The van der Waals surface area contributed by atoms with Crippen molar-refractivity contribution >= 4 is 41.5 Å². The van der Waals surface area contributed by atoms with Crippen LogP contribution in [0.1, 0.15) is 60.2 Å². The third kappa shape index (κ3) is 5.78. The maximum absolute atomic E-state index is 12.8. The van der Waals surface area contributed by atoms with E-state index >= 15 is 0 Å². The number of nitrogens with zero attached hydrogens (tertiary/aromatic N) is 1. The van der Waals surface area contributed by atoms with Crippen LogP contribution >= 0.6 is 11.8 Å². The number of imide groups is 2. The number of urea groups is 1. The summed E-state index contributed by atoms with van der Waals surface area (Å²) in [6, 6.07) is 4.54. The second kappa shape index (κ2) is 11.5. The van der Waals surface area contributed by atoms with E-state index in [4.69, 9.17) is 4.74 Å². The first-order chi connectivity index (χ1) is 16.2. The van der Waals surface area contributed by atoms with Crippen molar-refractivity contribution in [3.05, 3.63) is 35.4 Å². The molecule has 4 atom stereocenters. The van der Waals surface area contributed by atoms with Gasteiger partial charge < -0.3 is 10.1 Å². The topological polar surface area (TPSA) is 122 Å². The second-order valence-electron chi connectivity index (χ2n) is 8.83. The van der Waals surface area contributed by atoms with Crippen LogP contribution in [0, 0.1) is 11.8 Å². The monoisotopic (exact) mass is 489 g/mol. The largest absolute Gasteiger partial charge is 0.454 e. The summed E-state index contributed by atoms with van der Waals surface area (Å²) < 4.78 is 5.11. The summed E-state index contributed by atoms with van der Waals surface area (Å²) in [4.78, 5) is 63.7. The molecular formula is C24H31N3O6S. The van der Waals surface area contributed by atoms with E-state index in [-0.39, 0.29) is 23.6 Å². The SMILES string of the molecule is CSCC[C@H](C(=O)OCC(=O)NC(=O)N[C@@H]1CCC[C@@H](C)[C@@H]1C)N1C(=O)c2ccccc2C1=O. The fourth-order valence-electron chi connectivity index (χ4n) is 4.46. The van der Waals surface area contributed by atoms with E-state index in [2.05, 4.69) is 24.5 Å². The van der Waals surface area contributed by atoms with Crippen LogP contribution in [-0.4, -0.2) is 65.3 Å². The molecule has 2 N–H and O–H groups in total. The summed E-state index contributed by atoms with van der Waals surface area (Å²) in [5, 5.41) is 5.01. The summed E-state index contributed by atoms with van der Waals surface area (Å²) in [6.07, 6.45) is 4.99. The lowest BCUT2D eigenvalue weighted by Crippen LogP contribution is -2.50. The Morgan fingerprint density at radius 2 is 1.76 bits per heavy atom. The van der Waals surface area contributed by atoms with Crippen molar-refractivity contribution in [3.63, 3.8) is 0 Å². The lowest BCUT2D eigenvalue weighted by atomic mass is 9.78. The van der Waals surface area contributed by atoms with Gasteiger partial charge in [0.25, 0.3) is 17.7 Å². The molecule has 0 unspecified atom stereocenters. The molecule has 0 spiro atoms. The van der Waals surface area contributed by atoms with Gasteiger partial charge in [0.05, 0.1) is 11.1 Å². The standard InChI is InChI=1S/C24H31N3O6S/c1-14-7-6-10-18(15(14)2)25-24(32)26-20(28)13-33-23(31)19(11-12-34-3)27-21(29)16-8-4-5-9-17(16)22(27)30/h4-5,8-9,14-15,18-19H,6-7,10-13H2,1-3H3,(H2,25,26,28,32)/t14-,15+,18-,19-/m1/s1. The van der Waals surface area contributed by atoms with Gasteiger partial charge in [0.15, 0.2) is 6.61 Å². The van der Waals surface area contributed by atoms with Crippen LogP contribution in [0.3, 0.4) is 0 Å². The van der Waals surface area contributed by atoms with Crippen molar-refractivity contribution in [1.82, 2.24) is 15.5 Å². The highest BCUT2D eigenvalue weighted by atomic mass is 32.2. The van der Waals surface area contributed by atoms with Crippen LogP contribution in [0.4, 0.5) is 4.79 Å². The molecule has 5 amide bonds. The minimum absolute atomic E-state index is 0.0242. The summed E-state index contributed by atoms with van der Waals surface area (Å²) >= 11 is 1.45. The number of ether oxygens (including phenoxy) is 1. The zero-order valence-corrected chi connectivity index (χ0v) is 20.5. The van der Waals surface area contributed by atoms with E-state index in [1.54, 1.807) is 12.1 Å². The molecule has 0 aromatic heterocycles. The number of carbonyl (C=O) groups excluding carboxylic acids is 5. The normalized spacial score (nSPS) is 22.7. The van der Waals surface area contributed by atoms with Crippen molar-refractivity contribution in [3.8, 4) is 0 Å². The number of nitrogens with one attached hydrogen (secondary N) is 2. The average Bonchev–Trinajstić information content (AvgIpc) is 3.06. The minimum atomic E-state index is -1.16. The fraction of sp³-hybridized carbons (Fsp3) is 0.542. The van der Waals surface area contributed by atoms with Gasteiger partial charge >= 0.3 is 12.0 Å². The van der Waals surface area contributed by atoms with E-state index in [0.29, 0.717) is 17.6 Å². The van der Waals surface area contributed by atoms with Crippen LogP contribution < -0.4 is 10.6 Å². The fourth-order valence-corrected chi connectivity index (χ4v) is 4.92. The molecule has 1 saturated carbocycles. The van der Waals surface area contributed by atoms with Gasteiger partial charge in [0.1, 0.15) is 6.04 Å². The van der Waals surface area contributed by atoms with Gasteiger partial charge in [0.2, 0.25) is 0 Å². The van der Waals surface area contributed by atoms with Crippen LogP contribution in [0.25, 0.3) is 0 Å². The van der Waals surface area contributed by atoms with E-state index in [0.717, 1.165) is 24.2 Å². The zero-order chi connectivity index (χ0) is 24.8. The number of fused-ring (bicyclic) bond motifs is 1. The van der Waals surface area contributed by atoms with Crippen molar-refractivity contribution < 1.29 is 28.7 Å². The highest BCUT2D eigenvalue weighted by Crippen LogP contribution is 2.29. The van der Waals surface area contributed by atoms with Gasteiger partial charge in [-0.25, -0.2) is 9.59 Å². The van der Waals surface area contributed by atoms with Crippen molar-refractivity contribution in [1.29, 1.82) is 0 Å². The first-order valence-corrected chi connectivity index (χ1v) is 12.9. The lowest BCUT2D eigenvalue weighted by Gasteiger charge is -2.34. The molecule has 0 bridgehead atoms. The minimum Gasteiger partial charge on any atom is -0.454 e. The van der Waals surface area contributed by atoms with Gasteiger partial charge in [-0.15, -0.1) is 0 Å². The number of rotatable bonds is 8. The molecule has 184 valence electrons. The summed E-state index contributed by atoms with van der Waals surface area (Å²) in [6.45, 7) is 3.52. The van der Waals surface area contributed by atoms with Crippen molar-refractivity contribution in [2.45, 2.75) is 51.6 Å². The van der Waals surface area contributed by atoms with Gasteiger partial charge in [-0.2, -0.15) is 11.8 Å². The second-order valence-corrected chi connectivity index (χ2v) is 9.81. The zero-order valence-electron chi connectivity index (χ0n) is 19.7. The number of thioether (sulfide) groups is 1. The first-order valence-electron chi connectivity index (χ1n) is 11.5. The maximum Gasteiger partial charge on any atom is 0.329 e. The molecule has 1 aromatic carbocycles. The summed E-state index contributed by atoms with van der Waals surface area (Å²) in [5.74, 6) is -1.51. The first kappa shape index (κ1) is 25.7. The van der Waals surface area contributed by atoms with E-state index in [1.165, 1.54) is 23.9 Å². The third-order valence-corrected chi connectivity index (χ3v) is 7.27. The van der Waals surface area contributed by atoms with Crippen molar-refractivity contribution in [2.75, 3.05) is 18.6 Å². The predicted octanol–water partition coefficient (Wildman–Crippen LogP) is 2.60. The van der Waals surface area contributed by atoms with Gasteiger partial charge in [-0.1, -0.05) is 38.8 Å². The van der Waals surface area contributed by atoms with E-state index in [1.807, 2.05) is 6.26 Å². The Hall–Kier alpha value is -2.88. The number of benzene rings is 1. The van der Waals surface area contributed by atoms with Crippen LogP contribution in [0.2, 0.25) is 0 Å². The lowest BCUT2D eigenvalue weighted by molar-refractivity contribution is -0.152. The molecule has 0 saturated heterocycles. The van der Waals surface area contributed by atoms with E-state index < -0.39 is 42.4 Å². The van der Waals surface area contributed by atoms with Crippen molar-refractivity contribution in [2.24, 2.45) is 11.8 Å². The van der Waals surface area contributed by atoms with Gasteiger partial charge in [0, 0.05) is 6.04 Å². The maximum atomic E-state index is 12.8. The average molecular weight is 490 g/mol. The molecule has 1 aliphatic carbocycles.